The Morgan fingerprint density at radius 1 is 1.33 bits per heavy atom. The molecular formula is C6H12O5S. The molecule has 1 aliphatic rings. The van der Waals surface area contributed by atoms with Gasteiger partial charge in [0.25, 0.3) is 0 Å². The fraction of sp³-hybridized carbons (Fsp3) is 1.00. The first-order valence-electron chi connectivity index (χ1n) is 3.52. The molecule has 4 atom stereocenters. The number of rotatable bonds is 1. The highest BCUT2D eigenvalue weighted by Gasteiger charge is 2.47. The first-order valence-corrected chi connectivity index (χ1v) is 4.51. The minimum absolute atomic E-state index is 0.0925. The topological polar surface area (TPSA) is 101 Å². The van der Waals surface area contributed by atoms with Gasteiger partial charge < -0.3 is 25.5 Å². The summed E-state index contributed by atoms with van der Waals surface area (Å²) < 4.78 is 0. The zero-order chi connectivity index (χ0) is 9.35. The van der Waals surface area contributed by atoms with Gasteiger partial charge in [0.05, 0.1) is 12.7 Å². The van der Waals surface area contributed by atoms with Crippen LogP contribution < -0.4 is 0 Å². The minimum Gasteiger partial charge on any atom is -0.392 e. The Balaban J connectivity index is 2.71. The van der Waals surface area contributed by atoms with E-state index < -0.39 is 29.9 Å². The Kier molecular flexibility index (Phi) is 2.97. The Labute approximate surface area is 73.7 Å². The molecule has 0 aromatic heterocycles. The van der Waals surface area contributed by atoms with Crippen molar-refractivity contribution >= 4 is 11.8 Å². The Morgan fingerprint density at radius 2 is 1.92 bits per heavy atom. The van der Waals surface area contributed by atoms with E-state index in [0.717, 1.165) is 11.8 Å². The van der Waals surface area contributed by atoms with Crippen molar-refractivity contribution in [1.29, 1.82) is 0 Å². The van der Waals surface area contributed by atoms with Crippen LogP contribution in [0.1, 0.15) is 0 Å². The molecule has 12 heavy (non-hydrogen) atoms. The van der Waals surface area contributed by atoms with E-state index in [9.17, 15) is 10.2 Å². The monoisotopic (exact) mass is 196 g/mol. The number of thioether (sulfide) groups is 1. The molecule has 5 nitrogen and oxygen atoms in total. The van der Waals surface area contributed by atoms with E-state index in [-0.39, 0.29) is 5.75 Å². The zero-order valence-corrected chi connectivity index (χ0v) is 7.11. The Morgan fingerprint density at radius 3 is 2.42 bits per heavy atom. The summed E-state index contributed by atoms with van der Waals surface area (Å²) in [6.45, 7) is -0.650. The lowest BCUT2D eigenvalue weighted by molar-refractivity contribution is -0.131. The van der Waals surface area contributed by atoms with Crippen molar-refractivity contribution < 1.29 is 25.5 Å². The quantitative estimate of drug-likeness (QED) is 0.318. The van der Waals surface area contributed by atoms with Gasteiger partial charge >= 0.3 is 0 Å². The van der Waals surface area contributed by atoms with Crippen molar-refractivity contribution in [2.45, 2.75) is 23.2 Å². The van der Waals surface area contributed by atoms with Crippen molar-refractivity contribution in [2.24, 2.45) is 0 Å². The molecule has 1 fully saturated rings. The summed E-state index contributed by atoms with van der Waals surface area (Å²) in [7, 11) is 0. The molecule has 1 aliphatic heterocycles. The second kappa shape index (κ2) is 3.49. The Bertz CT molecular complexity index is 166. The average Bonchev–Trinajstić information content (AvgIpc) is 2.09. The van der Waals surface area contributed by atoms with E-state index in [1.165, 1.54) is 0 Å². The molecule has 1 unspecified atom stereocenters. The molecule has 0 spiro atoms. The van der Waals surface area contributed by atoms with Gasteiger partial charge in [-0.15, -0.1) is 11.8 Å². The number of hydrogen-bond acceptors (Lipinski definition) is 6. The van der Waals surface area contributed by atoms with Crippen LogP contribution >= 0.6 is 11.8 Å². The van der Waals surface area contributed by atoms with Gasteiger partial charge in [0.15, 0.2) is 4.93 Å². The normalized spacial score (nSPS) is 49.2. The van der Waals surface area contributed by atoms with Crippen molar-refractivity contribution in [1.82, 2.24) is 0 Å². The minimum atomic E-state index is -1.75. The van der Waals surface area contributed by atoms with Crippen LogP contribution in [0.15, 0.2) is 0 Å². The second-order valence-electron chi connectivity index (χ2n) is 2.82. The molecule has 0 aromatic rings. The highest BCUT2D eigenvalue weighted by molar-refractivity contribution is 8.00. The highest BCUT2D eigenvalue weighted by atomic mass is 32.2. The van der Waals surface area contributed by atoms with Crippen LogP contribution in [0.25, 0.3) is 0 Å². The number of aliphatic hydroxyl groups excluding tert-OH is 4. The van der Waals surface area contributed by atoms with Crippen LogP contribution in [0.4, 0.5) is 0 Å². The molecule has 0 radical (unpaired) electrons. The summed E-state index contributed by atoms with van der Waals surface area (Å²) >= 11 is 0.831. The van der Waals surface area contributed by atoms with Crippen LogP contribution in [0.2, 0.25) is 0 Å². The third-order valence-electron chi connectivity index (χ3n) is 1.91. The molecule has 0 aromatic carbocycles. The first-order chi connectivity index (χ1) is 5.51. The molecule has 5 N–H and O–H groups in total. The molecule has 1 saturated heterocycles. The largest absolute Gasteiger partial charge is 0.392 e. The van der Waals surface area contributed by atoms with Gasteiger partial charge in [0.1, 0.15) is 12.2 Å². The fourth-order valence-corrected chi connectivity index (χ4v) is 2.09. The van der Waals surface area contributed by atoms with Crippen molar-refractivity contribution in [3.8, 4) is 0 Å². The predicted molar refractivity (Wildman–Crippen MR) is 42.5 cm³/mol. The maximum Gasteiger partial charge on any atom is 0.161 e. The van der Waals surface area contributed by atoms with Gasteiger partial charge in [-0.3, -0.25) is 0 Å². The molecule has 0 saturated carbocycles. The summed E-state index contributed by atoms with van der Waals surface area (Å²) in [6.07, 6.45) is -3.98. The van der Waals surface area contributed by atoms with E-state index in [1.807, 2.05) is 0 Å². The average molecular weight is 196 g/mol. The zero-order valence-electron chi connectivity index (χ0n) is 6.29. The predicted octanol–water partition coefficient (Wildman–Crippen LogP) is -2.50. The second-order valence-corrected chi connectivity index (χ2v) is 4.15. The van der Waals surface area contributed by atoms with Gasteiger partial charge in [-0.1, -0.05) is 0 Å². The molecular weight excluding hydrogens is 184 g/mol. The van der Waals surface area contributed by atoms with Crippen LogP contribution in [0.3, 0.4) is 0 Å². The standard InChI is InChI=1S/C6H12O5S/c7-2-6(11)5(10)4(9)3(8)1-12-6/h3-5,7-11H,1-2H2/t3-,4-,5+,6?/m1/s1. The molecule has 1 rings (SSSR count). The van der Waals surface area contributed by atoms with Crippen LogP contribution in [0.5, 0.6) is 0 Å². The number of hydrogen-bond donors (Lipinski definition) is 5. The summed E-state index contributed by atoms with van der Waals surface area (Å²) in [5.41, 5.74) is 0. The van der Waals surface area contributed by atoms with Crippen molar-refractivity contribution in [3.63, 3.8) is 0 Å². The first kappa shape index (κ1) is 10.2. The molecule has 0 amide bonds. The maximum atomic E-state index is 9.43. The molecule has 72 valence electrons. The summed E-state index contributed by atoms with van der Waals surface area (Å²) in [5, 5.41) is 45.5. The van der Waals surface area contributed by atoms with Gasteiger partial charge in [-0.2, -0.15) is 0 Å². The molecule has 1 heterocycles. The van der Waals surface area contributed by atoms with Gasteiger partial charge in [-0.25, -0.2) is 0 Å². The summed E-state index contributed by atoms with van der Waals surface area (Å²) in [6, 6.07) is 0. The highest BCUT2D eigenvalue weighted by Crippen LogP contribution is 2.34. The SMILES string of the molecule is OCC1(O)SC[C@@H](O)[C@@H](O)[C@@H]1O. The van der Waals surface area contributed by atoms with E-state index in [1.54, 1.807) is 0 Å². The van der Waals surface area contributed by atoms with E-state index in [0.29, 0.717) is 0 Å². The van der Waals surface area contributed by atoms with Gasteiger partial charge in [0, 0.05) is 5.75 Å². The molecule has 0 aliphatic carbocycles. The summed E-state index contributed by atoms with van der Waals surface area (Å²) in [5.74, 6) is 0.0925. The van der Waals surface area contributed by atoms with E-state index in [4.69, 9.17) is 15.3 Å². The third-order valence-corrected chi connectivity index (χ3v) is 3.29. The molecule has 0 bridgehead atoms. The smallest absolute Gasteiger partial charge is 0.161 e. The van der Waals surface area contributed by atoms with Gasteiger partial charge in [-0.05, 0) is 0 Å². The van der Waals surface area contributed by atoms with Crippen LogP contribution in [-0.2, 0) is 0 Å². The Hall–Kier alpha value is 0.150. The number of aliphatic hydroxyl groups is 5. The van der Waals surface area contributed by atoms with E-state index >= 15 is 0 Å². The van der Waals surface area contributed by atoms with E-state index in [2.05, 4.69) is 0 Å². The third kappa shape index (κ3) is 1.59. The van der Waals surface area contributed by atoms with Crippen molar-refractivity contribution in [3.05, 3.63) is 0 Å². The van der Waals surface area contributed by atoms with Crippen molar-refractivity contribution in [2.75, 3.05) is 12.4 Å². The lowest BCUT2D eigenvalue weighted by atomic mass is 10.0. The maximum absolute atomic E-state index is 9.43. The lowest BCUT2D eigenvalue weighted by Gasteiger charge is -2.39. The van der Waals surface area contributed by atoms with Gasteiger partial charge in [0.2, 0.25) is 0 Å². The molecule has 6 heteroatoms. The van der Waals surface area contributed by atoms with Crippen LogP contribution in [-0.4, -0.2) is 61.1 Å². The lowest BCUT2D eigenvalue weighted by Crippen LogP contribution is -2.58. The summed E-state index contributed by atoms with van der Waals surface area (Å²) in [4.78, 5) is -1.75. The fourth-order valence-electron chi connectivity index (χ4n) is 1.03. The van der Waals surface area contributed by atoms with Crippen LogP contribution in [0, 0.1) is 0 Å².